The van der Waals surface area contributed by atoms with Crippen LogP contribution in [0.3, 0.4) is 0 Å². The number of carbonyl (C=O) groups is 1. The van der Waals surface area contributed by atoms with E-state index in [1.807, 2.05) is 66.9 Å². The van der Waals surface area contributed by atoms with Crippen molar-refractivity contribution in [3.05, 3.63) is 96.1 Å². The van der Waals surface area contributed by atoms with Crippen LogP contribution in [0.25, 0.3) is 0 Å². The van der Waals surface area contributed by atoms with E-state index in [1.165, 1.54) is 11.1 Å². The third-order valence-corrected chi connectivity index (χ3v) is 6.00. The summed E-state index contributed by atoms with van der Waals surface area (Å²) in [6.45, 7) is 1.43. The molecule has 5 heteroatoms. The summed E-state index contributed by atoms with van der Waals surface area (Å²) in [5, 5.41) is 12.5. The summed E-state index contributed by atoms with van der Waals surface area (Å²) < 4.78 is 0. The molecule has 31 heavy (non-hydrogen) atoms. The number of aliphatic hydroxyl groups is 1. The van der Waals surface area contributed by atoms with Gasteiger partial charge in [0.15, 0.2) is 0 Å². The van der Waals surface area contributed by atoms with Gasteiger partial charge in [-0.1, -0.05) is 72.8 Å². The Morgan fingerprint density at radius 2 is 1.48 bits per heavy atom. The van der Waals surface area contributed by atoms with Crippen molar-refractivity contribution in [1.82, 2.24) is 4.90 Å². The standard InChI is InChI=1S/C26H30N2O2S/c1-31-24-16-9-8-15-23(24)27-25(30)17-19-28(18-10-20-29)26(21-11-4-2-5-12-21)22-13-6-3-7-14-22/h2-9,11-16,26,29H,10,17-20H2,1H3,(H,27,30). The highest BCUT2D eigenvalue weighted by Crippen LogP contribution is 2.29. The molecule has 2 N–H and O–H groups in total. The van der Waals surface area contributed by atoms with Gasteiger partial charge in [0.25, 0.3) is 0 Å². The zero-order chi connectivity index (χ0) is 21.9. The molecular formula is C26H30N2O2S. The Hall–Kier alpha value is -2.60. The first-order valence-electron chi connectivity index (χ1n) is 10.6. The SMILES string of the molecule is CSc1ccccc1NC(=O)CCN(CCCO)C(c1ccccc1)c1ccccc1. The minimum absolute atomic E-state index is 0.00429. The van der Waals surface area contributed by atoms with Gasteiger partial charge >= 0.3 is 0 Å². The van der Waals surface area contributed by atoms with Crippen LogP contribution >= 0.6 is 11.8 Å². The van der Waals surface area contributed by atoms with E-state index in [0.29, 0.717) is 25.9 Å². The normalized spacial score (nSPS) is 11.1. The smallest absolute Gasteiger partial charge is 0.225 e. The number of thioether (sulfide) groups is 1. The summed E-state index contributed by atoms with van der Waals surface area (Å²) in [7, 11) is 0. The summed E-state index contributed by atoms with van der Waals surface area (Å²) in [5.41, 5.74) is 3.21. The van der Waals surface area contributed by atoms with E-state index in [0.717, 1.165) is 10.6 Å². The Morgan fingerprint density at radius 3 is 2.06 bits per heavy atom. The number of nitrogens with one attached hydrogen (secondary N) is 1. The van der Waals surface area contributed by atoms with Gasteiger partial charge in [-0.3, -0.25) is 9.69 Å². The van der Waals surface area contributed by atoms with Gasteiger partial charge in [0.1, 0.15) is 0 Å². The Balaban J connectivity index is 1.78. The molecule has 4 nitrogen and oxygen atoms in total. The molecule has 0 aliphatic heterocycles. The van der Waals surface area contributed by atoms with E-state index in [-0.39, 0.29) is 18.6 Å². The lowest BCUT2D eigenvalue weighted by Crippen LogP contribution is -2.34. The summed E-state index contributed by atoms with van der Waals surface area (Å²) in [5.74, 6) is -0.00429. The van der Waals surface area contributed by atoms with Gasteiger partial charge in [-0.05, 0) is 35.9 Å². The number of para-hydroxylation sites is 1. The average molecular weight is 435 g/mol. The highest BCUT2D eigenvalue weighted by Gasteiger charge is 2.22. The van der Waals surface area contributed by atoms with Crippen LogP contribution in [-0.4, -0.2) is 41.9 Å². The lowest BCUT2D eigenvalue weighted by molar-refractivity contribution is -0.116. The molecule has 1 amide bonds. The van der Waals surface area contributed by atoms with Gasteiger partial charge in [0.2, 0.25) is 5.91 Å². The summed E-state index contributed by atoms with van der Waals surface area (Å²) in [6.07, 6.45) is 3.04. The molecule has 0 saturated carbocycles. The van der Waals surface area contributed by atoms with Gasteiger partial charge in [0, 0.05) is 31.0 Å². The van der Waals surface area contributed by atoms with Crippen molar-refractivity contribution in [3.63, 3.8) is 0 Å². The van der Waals surface area contributed by atoms with Gasteiger partial charge < -0.3 is 10.4 Å². The number of hydrogen-bond acceptors (Lipinski definition) is 4. The third-order valence-electron chi connectivity index (χ3n) is 5.21. The maximum Gasteiger partial charge on any atom is 0.225 e. The van der Waals surface area contributed by atoms with Crippen molar-refractivity contribution >= 4 is 23.4 Å². The number of anilines is 1. The van der Waals surface area contributed by atoms with Crippen molar-refractivity contribution in [2.24, 2.45) is 0 Å². The molecule has 0 aliphatic carbocycles. The molecule has 0 aromatic heterocycles. The zero-order valence-corrected chi connectivity index (χ0v) is 18.7. The van der Waals surface area contributed by atoms with Crippen LogP contribution in [0.15, 0.2) is 89.8 Å². The molecule has 162 valence electrons. The van der Waals surface area contributed by atoms with Crippen LogP contribution in [-0.2, 0) is 4.79 Å². The molecule has 0 atom stereocenters. The molecule has 0 heterocycles. The topological polar surface area (TPSA) is 52.6 Å². The van der Waals surface area contributed by atoms with E-state index in [1.54, 1.807) is 11.8 Å². The number of amides is 1. The average Bonchev–Trinajstić information content (AvgIpc) is 2.82. The lowest BCUT2D eigenvalue weighted by atomic mass is 9.96. The maximum atomic E-state index is 12.8. The van der Waals surface area contributed by atoms with Crippen molar-refractivity contribution < 1.29 is 9.90 Å². The molecular weight excluding hydrogens is 404 g/mol. The molecule has 3 aromatic carbocycles. The molecule has 0 spiro atoms. The molecule has 0 unspecified atom stereocenters. The predicted octanol–water partition coefficient (Wildman–Crippen LogP) is 5.21. The van der Waals surface area contributed by atoms with Crippen LogP contribution in [0, 0.1) is 0 Å². The Kier molecular flexibility index (Phi) is 9.16. The van der Waals surface area contributed by atoms with E-state index in [4.69, 9.17) is 0 Å². The summed E-state index contributed by atoms with van der Waals surface area (Å²) >= 11 is 1.62. The molecule has 0 fully saturated rings. The number of nitrogens with zero attached hydrogens (tertiary/aromatic N) is 1. The summed E-state index contributed by atoms with van der Waals surface area (Å²) in [6, 6.07) is 28.6. The second-order valence-corrected chi connectivity index (χ2v) is 8.18. The van der Waals surface area contributed by atoms with Crippen LogP contribution in [0.1, 0.15) is 30.0 Å². The van der Waals surface area contributed by atoms with Crippen LogP contribution in [0.5, 0.6) is 0 Å². The molecule has 0 aliphatic rings. The number of hydrogen-bond donors (Lipinski definition) is 2. The second-order valence-electron chi connectivity index (χ2n) is 7.34. The first-order chi connectivity index (χ1) is 15.2. The minimum atomic E-state index is -0.00429. The fraction of sp³-hybridized carbons (Fsp3) is 0.269. The third kappa shape index (κ3) is 6.69. The first kappa shape index (κ1) is 23.1. The van der Waals surface area contributed by atoms with Crippen LogP contribution < -0.4 is 5.32 Å². The van der Waals surface area contributed by atoms with Crippen molar-refractivity contribution in [1.29, 1.82) is 0 Å². The van der Waals surface area contributed by atoms with E-state index in [9.17, 15) is 9.90 Å². The minimum Gasteiger partial charge on any atom is -0.396 e. The molecule has 0 bridgehead atoms. The highest BCUT2D eigenvalue weighted by atomic mass is 32.2. The van der Waals surface area contributed by atoms with Gasteiger partial charge in [-0.25, -0.2) is 0 Å². The first-order valence-corrected chi connectivity index (χ1v) is 11.8. The fourth-order valence-electron chi connectivity index (χ4n) is 3.73. The van der Waals surface area contributed by atoms with Gasteiger partial charge in [-0.2, -0.15) is 0 Å². The molecule has 3 aromatic rings. The number of aliphatic hydroxyl groups excluding tert-OH is 1. The van der Waals surface area contributed by atoms with Crippen LogP contribution in [0.4, 0.5) is 5.69 Å². The Morgan fingerprint density at radius 1 is 0.903 bits per heavy atom. The van der Waals surface area contributed by atoms with Gasteiger partial charge in [-0.15, -0.1) is 11.8 Å². The van der Waals surface area contributed by atoms with Gasteiger partial charge in [0.05, 0.1) is 11.7 Å². The monoisotopic (exact) mass is 434 g/mol. The second kappa shape index (κ2) is 12.3. The van der Waals surface area contributed by atoms with E-state index >= 15 is 0 Å². The Labute approximate surface area is 189 Å². The zero-order valence-electron chi connectivity index (χ0n) is 17.9. The van der Waals surface area contributed by atoms with Crippen molar-refractivity contribution in [2.45, 2.75) is 23.8 Å². The maximum absolute atomic E-state index is 12.8. The quantitative estimate of drug-likeness (QED) is 0.407. The molecule has 3 rings (SSSR count). The molecule has 0 radical (unpaired) electrons. The highest BCUT2D eigenvalue weighted by molar-refractivity contribution is 7.98. The van der Waals surface area contributed by atoms with E-state index < -0.39 is 0 Å². The summed E-state index contributed by atoms with van der Waals surface area (Å²) in [4.78, 5) is 16.1. The van der Waals surface area contributed by atoms with Crippen molar-refractivity contribution in [2.75, 3.05) is 31.3 Å². The van der Waals surface area contributed by atoms with Crippen LogP contribution in [0.2, 0.25) is 0 Å². The predicted molar refractivity (Wildman–Crippen MR) is 129 cm³/mol. The van der Waals surface area contributed by atoms with Crippen molar-refractivity contribution in [3.8, 4) is 0 Å². The number of carbonyl (C=O) groups excluding carboxylic acids is 1. The number of rotatable bonds is 11. The Bertz CT molecular complexity index is 895. The van der Waals surface area contributed by atoms with E-state index in [2.05, 4.69) is 34.5 Å². The fourth-order valence-corrected chi connectivity index (χ4v) is 4.29. The lowest BCUT2D eigenvalue weighted by Gasteiger charge is -2.32. The largest absolute Gasteiger partial charge is 0.396 e. The number of benzene rings is 3. The molecule has 0 saturated heterocycles.